The van der Waals surface area contributed by atoms with Crippen molar-refractivity contribution in [3.05, 3.63) is 29.2 Å². The fourth-order valence-corrected chi connectivity index (χ4v) is 2.38. The molecule has 2 N–H and O–H groups in total. The monoisotopic (exact) mass is 281 g/mol. The minimum absolute atomic E-state index is 0.0301. The summed E-state index contributed by atoms with van der Waals surface area (Å²) in [5.74, 6) is -1.62. The number of methoxy groups -OCH3 is 1. The number of aromatic hydroxyl groups is 1. The van der Waals surface area contributed by atoms with Gasteiger partial charge >= 0.3 is 5.97 Å². The normalized spacial score (nSPS) is 11.0. The number of aromatic nitrogens is 1. The summed E-state index contributed by atoms with van der Waals surface area (Å²) in [6, 6.07) is 2.50. The highest BCUT2D eigenvalue weighted by Gasteiger charge is 2.18. The van der Waals surface area contributed by atoms with E-state index in [1.165, 1.54) is 19.2 Å². The van der Waals surface area contributed by atoms with Crippen LogP contribution in [-0.2, 0) is 22.5 Å². The van der Waals surface area contributed by atoms with E-state index in [1.54, 1.807) is 11.5 Å². The van der Waals surface area contributed by atoms with Crippen LogP contribution in [0.4, 0.5) is 4.39 Å². The Labute approximate surface area is 115 Å². The Hall–Kier alpha value is -2.08. The molecular formula is C14H16FNO4. The zero-order valence-electron chi connectivity index (χ0n) is 11.3. The maximum atomic E-state index is 13.5. The van der Waals surface area contributed by atoms with E-state index in [1.807, 2.05) is 0 Å². The maximum absolute atomic E-state index is 13.5. The van der Waals surface area contributed by atoms with E-state index < -0.39 is 17.5 Å². The lowest BCUT2D eigenvalue weighted by Crippen LogP contribution is -2.07. The van der Waals surface area contributed by atoms with Gasteiger partial charge < -0.3 is 19.5 Å². The van der Waals surface area contributed by atoms with Crippen molar-refractivity contribution in [2.75, 3.05) is 13.7 Å². The van der Waals surface area contributed by atoms with Gasteiger partial charge in [0.15, 0.2) is 11.6 Å². The number of rotatable bonds is 4. The number of carbonyl (C=O) groups excluding carboxylic acids is 1. The number of aliphatic hydroxyl groups excluding tert-OH is 1. The molecule has 5 nitrogen and oxygen atoms in total. The van der Waals surface area contributed by atoms with Crippen molar-refractivity contribution >= 4 is 16.9 Å². The number of phenols is 1. The maximum Gasteiger partial charge on any atom is 0.310 e. The quantitative estimate of drug-likeness (QED) is 0.833. The summed E-state index contributed by atoms with van der Waals surface area (Å²) in [7, 11) is 1.29. The number of fused-ring (bicyclic) bond motifs is 1. The van der Waals surface area contributed by atoms with Crippen molar-refractivity contribution in [1.29, 1.82) is 0 Å². The van der Waals surface area contributed by atoms with Crippen LogP contribution in [0.2, 0.25) is 0 Å². The van der Waals surface area contributed by atoms with E-state index >= 15 is 0 Å². The molecule has 20 heavy (non-hydrogen) atoms. The summed E-state index contributed by atoms with van der Waals surface area (Å²) in [4.78, 5) is 11.5. The first-order chi connectivity index (χ1) is 9.49. The molecule has 0 aliphatic carbocycles. The predicted molar refractivity (Wildman–Crippen MR) is 71.1 cm³/mol. The second kappa shape index (κ2) is 5.50. The molecule has 2 aromatic rings. The van der Waals surface area contributed by atoms with Gasteiger partial charge in [-0.2, -0.15) is 0 Å². The highest BCUT2D eigenvalue weighted by Crippen LogP contribution is 2.31. The molecule has 1 aromatic heterocycles. The van der Waals surface area contributed by atoms with Crippen molar-refractivity contribution in [2.45, 2.75) is 19.9 Å². The van der Waals surface area contributed by atoms with E-state index in [0.717, 1.165) is 5.69 Å². The lowest BCUT2D eigenvalue weighted by atomic mass is 10.1. The fraction of sp³-hybridized carbons (Fsp3) is 0.357. The molecular weight excluding hydrogens is 265 g/mol. The SMILES string of the molecule is COC(=O)Cc1c(C)n(CCO)c2cc(F)c(O)cc12. The number of aliphatic hydroxyl groups is 1. The Bertz CT molecular complexity index is 663. The summed E-state index contributed by atoms with van der Waals surface area (Å²) in [5, 5.41) is 19.2. The number of ether oxygens (including phenoxy) is 1. The molecule has 0 fully saturated rings. The summed E-state index contributed by atoms with van der Waals surface area (Å²) in [5.41, 5.74) is 1.94. The van der Waals surface area contributed by atoms with Gasteiger partial charge in [0.2, 0.25) is 0 Å². The number of phenolic OH excluding ortho intramolecular Hbond substituents is 1. The van der Waals surface area contributed by atoms with E-state index in [4.69, 9.17) is 5.11 Å². The lowest BCUT2D eigenvalue weighted by Gasteiger charge is -2.06. The fourth-order valence-electron chi connectivity index (χ4n) is 2.38. The van der Waals surface area contributed by atoms with E-state index in [-0.39, 0.29) is 19.6 Å². The van der Waals surface area contributed by atoms with Crippen molar-refractivity contribution in [3.63, 3.8) is 0 Å². The summed E-state index contributed by atoms with van der Waals surface area (Å²) in [6.07, 6.45) is 0.0301. The highest BCUT2D eigenvalue weighted by atomic mass is 19.1. The third-order valence-electron chi connectivity index (χ3n) is 3.40. The van der Waals surface area contributed by atoms with Gasteiger partial charge in [-0.3, -0.25) is 4.79 Å². The topological polar surface area (TPSA) is 71.7 Å². The third kappa shape index (κ3) is 2.34. The zero-order valence-corrected chi connectivity index (χ0v) is 11.3. The van der Waals surface area contributed by atoms with E-state index in [2.05, 4.69) is 4.74 Å². The summed E-state index contributed by atoms with van der Waals surface area (Å²) >= 11 is 0. The number of benzene rings is 1. The van der Waals surface area contributed by atoms with Crippen LogP contribution in [0.3, 0.4) is 0 Å². The van der Waals surface area contributed by atoms with Crippen molar-refractivity contribution in [1.82, 2.24) is 4.57 Å². The Morgan fingerprint density at radius 1 is 1.45 bits per heavy atom. The van der Waals surface area contributed by atoms with Crippen LogP contribution < -0.4 is 0 Å². The van der Waals surface area contributed by atoms with Crippen LogP contribution in [-0.4, -0.2) is 34.5 Å². The molecule has 2 rings (SSSR count). The lowest BCUT2D eigenvalue weighted by molar-refractivity contribution is -0.139. The van der Waals surface area contributed by atoms with Crippen LogP contribution in [0.25, 0.3) is 10.9 Å². The third-order valence-corrected chi connectivity index (χ3v) is 3.40. The van der Waals surface area contributed by atoms with Crippen molar-refractivity contribution in [2.24, 2.45) is 0 Å². The molecule has 0 spiro atoms. The number of halogens is 1. The van der Waals surface area contributed by atoms with Gasteiger partial charge in [0, 0.05) is 23.7 Å². The van der Waals surface area contributed by atoms with Gasteiger partial charge in [0.1, 0.15) is 0 Å². The van der Waals surface area contributed by atoms with Crippen LogP contribution in [0, 0.1) is 12.7 Å². The average molecular weight is 281 g/mol. The zero-order chi connectivity index (χ0) is 14.9. The van der Waals surface area contributed by atoms with Gasteiger partial charge in [-0.25, -0.2) is 4.39 Å². The van der Waals surface area contributed by atoms with Gasteiger partial charge in [-0.1, -0.05) is 0 Å². The molecule has 0 amide bonds. The molecule has 1 aromatic carbocycles. The molecule has 0 aliphatic heterocycles. The molecule has 108 valence electrons. The Morgan fingerprint density at radius 2 is 2.15 bits per heavy atom. The Kier molecular flexibility index (Phi) is 3.94. The minimum atomic E-state index is -0.737. The number of hydrogen-bond donors (Lipinski definition) is 2. The average Bonchev–Trinajstić information content (AvgIpc) is 2.65. The molecule has 0 saturated carbocycles. The molecule has 0 unspecified atom stereocenters. The first-order valence-corrected chi connectivity index (χ1v) is 6.17. The van der Waals surface area contributed by atoms with Crippen LogP contribution >= 0.6 is 0 Å². The molecule has 0 aliphatic rings. The van der Waals surface area contributed by atoms with Gasteiger partial charge in [0.25, 0.3) is 0 Å². The van der Waals surface area contributed by atoms with Crippen LogP contribution in [0.15, 0.2) is 12.1 Å². The van der Waals surface area contributed by atoms with Gasteiger partial charge in [-0.15, -0.1) is 0 Å². The molecule has 1 heterocycles. The minimum Gasteiger partial charge on any atom is -0.505 e. The first-order valence-electron chi connectivity index (χ1n) is 6.17. The van der Waals surface area contributed by atoms with E-state index in [0.29, 0.717) is 16.5 Å². The molecule has 0 atom stereocenters. The first kappa shape index (κ1) is 14.3. The molecule has 0 bridgehead atoms. The number of esters is 1. The van der Waals surface area contributed by atoms with Crippen LogP contribution in [0.1, 0.15) is 11.3 Å². The standard InChI is InChI=1S/C14H16FNO4/c1-8-9(6-14(19)20-2)10-5-13(18)11(15)7-12(10)16(8)3-4-17/h5,7,17-18H,3-4,6H2,1-2H3. The predicted octanol–water partition coefficient (Wildman–Crippen LogP) is 1.50. The van der Waals surface area contributed by atoms with Crippen molar-refractivity contribution < 1.29 is 24.1 Å². The second-order valence-corrected chi connectivity index (χ2v) is 4.51. The number of carbonyl (C=O) groups is 1. The highest BCUT2D eigenvalue weighted by molar-refractivity contribution is 5.90. The van der Waals surface area contributed by atoms with Crippen molar-refractivity contribution in [3.8, 4) is 5.75 Å². The van der Waals surface area contributed by atoms with Gasteiger partial charge in [0.05, 0.1) is 25.7 Å². The summed E-state index contributed by atoms with van der Waals surface area (Å²) < 4.78 is 19.9. The van der Waals surface area contributed by atoms with E-state index in [9.17, 15) is 14.3 Å². The largest absolute Gasteiger partial charge is 0.505 e. The van der Waals surface area contributed by atoms with Crippen LogP contribution in [0.5, 0.6) is 5.75 Å². The number of hydrogen-bond acceptors (Lipinski definition) is 4. The number of nitrogens with zero attached hydrogens (tertiary/aromatic N) is 1. The molecule has 6 heteroatoms. The molecule has 0 radical (unpaired) electrons. The Morgan fingerprint density at radius 3 is 2.75 bits per heavy atom. The second-order valence-electron chi connectivity index (χ2n) is 4.51. The molecule has 0 saturated heterocycles. The Balaban J connectivity index is 2.69. The smallest absolute Gasteiger partial charge is 0.310 e. The summed E-state index contributed by atoms with van der Waals surface area (Å²) in [6.45, 7) is 1.96. The van der Waals surface area contributed by atoms with Gasteiger partial charge in [-0.05, 0) is 18.6 Å².